The molecule has 114 valence electrons. The third kappa shape index (κ3) is 2.94. The molecule has 0 N–H and O–H groups in total. The summed E-state index contributed by atoms with van der Waals surface area (Å²) in [4.78, 5) is 15.8. The third-order valence-corrected chi connectivity index (χ3v) is 3.82. The molecule has 0 fully saturated rings. The Bertz CT molecular complexity index is 799. The SMILES string of the molecule is CCOC(=O)Oc1cc2cc(F)ccc2n1Cc1nccs1. The highest BCUT2D eigenvalue weighted by Gasteiger charge is 2.15. The first-order valence-corrected chi connectivity index (χ1v) is 7.57. The van der Waals surface area contributed by atoms with Gasteiger partial charge >= 0.3 is 6.16 Å². The normalized spacial score (nSPS) is 10.8. The Balaban J connectivity index is 2.02. The first-order valence-electron chi connectivity index (χ1n) is 6.69. The lowest BCUT2D eigenvalue weighted by molar-refractivity contribution is 0.101. The van der Waals surface area contributed by atoms with E-state index in [2.05, 4.69) is 4.98 Å². The lowest BCUT2D eigenvalue weighted by atomic mass is 10.2. The van der Waals surface area contributed by atoms with E-state index >= 15 is 0 Å². The molecule has 7 heteroatoms. The molecule has 22 heavy (non-hydrogen) atoms. The number of thiazole rings is 1. The van der Waals surface area contributed by atoms with Crippen LogP contribution in [0.5, 0.6) is 5.88 Å². The maximum Gasteiger partial charge on any atom is 0.515 e. The van der Waals surface area contributed by atoms with Crippen LogP contribution in [0, 0.1) is 5.82 Å². The summed E-state index contributed by atoms with van der Waals surface area (Å²) in [5.74, 6) is -0.0455. The van der Waals surface area contributed by atoms with Gasteiger partial charge in [0.05, 0.1) is 18.7 Å². The summed E-state index contributed by atoms with van der Waals surface area (Å²) in [6.45, 7) is 2.35. The second-order valence-electron chi connectivity index (χ2n) is 4.48. The zero-order valence-electron chi connectivity index (χ0n) is 11.8. The van der Waals surface area contributed by atoms with Gasteiger partial charge in [-0.15, -0.1) is 11.3 Å². The number of hydrogen-bond acceptors (Lipinski definition) is 5. The number of benzene rings is 1. The zero-order valence-corrected chi connectivity index (χ0v) is 12.6. The molecule has 5 nitrogen and oxygen atoms in total. The van der Waals surface area contributed by atoms with Crippen LogP contribution in [0.2, 0.25) is 0 Å². The molecule has 0 aliphatic carbocycles. The number of ether oxygens (including phenoxy) is 2. The quantitative estimate of drug-likeness (QED) is 0.686. The van der Waals surface area contributed by atoms with Crippen LogP contribution < -0.4 is 4.74 Å². The van der Waals surface area contributed by atoms with Crippen LogP contribution >= 0.6 is 11.3 Å². The number of carbonyl (C=O) groups is 1. The summed E-state index contributed by atoms with van der Waals surface area (Å²) in [6, 6.07) is 6.03. The van der Waals surface area contributed by atoms with Crippen LogP contribution in [-0.4, -0.2) is 22.3 Å². The van der Waals surface area contributed by atoms with Crippen molar-refractivity contribution in [1.29, 1.82) is 0 Å². The van der Waals surface area contributed by atoms with E-state index in [0.717, 1.165) is 10.5 Å². The summed E-state index contributed by atoms with van der Waals surface area (Å²) in [6.07, 6.45) is 0.920. The predicted molar refractivity (Wildman–Crippen MR) is 80.8 cm³/mol. The van der Waals surface area contributed by atoms with Gasteiger partial charge in [0.1, 0.15) is 10.8 Å². The van der Waals surface area contributed by atoms with Crippen molar-refractivity contribution in [1.82, 2.24) is 9.55 Å². The fourth-order valence-electron chi connectivity index (χ4n) is 2.16. The Hall–Kier alpha value is -2.41. The summed E-state index contributed by atoms with van der Waals surface area (Å²) in [5.41, 5.74) is 0.760. The molecular formula is C15H13FN2O3S. The molecule has 3 rings (SSSR count). The van der Waals surface area contributed by atoms with E-state index in [4.69, 9.17) is 9.47 Å². The Morgan fingerprint density at radius 1 is 1.41 bits per heavy atom. The van der Waals surface area contributed by atoms with E-state index < -0.39 is 6.16 Å². The first-order chi connectivity index (χ1) is 10.7. The molecule has 3 aromatic rings. The van der Waals surface area contributed by atoms with E-state index in [9.17, 15) is 9.18 Å². The van der Waals surface area contributed by atoms with Gasteiger partial charge in [-0.05, 0) is 25.1 Å². The lowest BCUT2D eigenvalue weighted by Gasteiger charge is -2.09. The first kappa shape index (κ1) is 14.5. The Labute approximate surface area is 129 Å². The van der Waals surface area contributed by atoms with Crippen LogP contribution in [0.25, 0.3) is 10.9 Å². The Kier molecular flexibility index (Phi) is 4.06. The molecule has 0 aliphatic rings. The Morgan fingerprint density at radius 3 is 3.00 bits per heavy atom. The fraction of sp³-hybridized carbons (Fsp3) is 0.200. The van der Waals surface area contributed by atoms with Crippen molar-refractivity contribution >= 4 is 28.4 Å². The highest BCUT2D eigenvalue weighted by atomic mass is 32.1. The van der Waals surface area contributed by atoms with Crippen LogP contribution in [0.3, 0.4) is 0 Å². The highest BCUT2D eigenvalue weighted by molar-refractivity contribution is 7.09. The van der Waals surface area contributed by atoms with Crippen LogP contribution in [0.4, 0.5) is 9.18 Å². The molecule has 0 unspecified atom stereocenters. The number of aromatic nitrogens is 2. The number of nitrogens with zero attached hydrogens (tertiary/aromatic N) is 2. The van der Waals surface area contributed by atoms with Crippen molar-refractivity contribution in [3.63, 3.8) is 0 Å². The molecular weight excluding hydrogens is 307 g/mol. The summed E-state index contributed by atoms with van der Waals surface area (Å²) in [5, 5.41) is 3.37. The molecule has 0 saturated carbocycles. The van der Waals surface area contributed by atoms with Gasteiger partial charge in [-0.1, -0.05) is 0 Å². The number of carbonyl (C=O) groups excluding carboxylic acids is 1. The lowest BCUT2D eigenvalue weighted by Crippen LogP contribution is -2.13. The van der Waals surface area contributed by atoms with E-state index in [0.29, 0.717) is 17.8 Å². The van der Waals surface area contributed by atoms with Gasteiger partial charge in [-0.3, -0.25) is 0 Å². The minimum atomic E-state index is -0.786. The second kappa shape index (κ2) is 6.15. The van der Waals surface area contributed by atoms with E-state index in [1.807, 2.05) is 5.38 Å². The molecule has 0 bridgehead atoms. The zero-order chi connectivity index (χ0) is 15.5. The van der Waals surface area contributed by atoms with Gasteiger partial charge in [0.15, 0.2) is 0 Å². The van der Waals surface area contributed by atoms with Crippen LogP contribution in [0.1, 0.15) is 11.9 Å². The highest BCUT2D eigenvalue weighted by Crippen LogP contribution is 2.28. The van der Waals surface area contributed by atoms with Gasteiger partial charge in [-0.25, -0.2) is 14.2 Å². The van der Waals surface area contributed by atoms with Crippen molar-refractivity contribution in [3.05, 3.63) is 46.7 Å². The number of fused-ring (bicyclic) bond motifs is 1. The molecule has 0 radical (unpaired) electrons. The van der Waals surface area contributed by atoms with Gasteiger partial charge in [0.2, 0.25) is 5.88 Å². The molecule has 0 amide bonds. The number of rotatable bonds is 4. The minimum absolute atomic E-state index is 0.222. The number of hydrogen-bond donors (Lipinski definition) is 0. The van der Waals surface area contributed by atoms with Crippen LogP contribution in [0.15, 0.2) is 35.8 Å². The maximum absolute atomic E-state index is 13.4. The molecule has 2 aromatic heterocycles. The van der Waals surface area contributed by atoms with Crippen molar-refractivity contribution in [2.75, 3.05) is 6.61 Å². The molecule has 0 spiro atoms. The monoisotopic (exact) mass is 320 g/mol. The average Bonchev–Trinajstić information content (AvgIpc) is 3.08. The topological polar surface area (TPSA) is 53.4 Å². The average molecular weight is 320 g/mol. The smallest absolute Gasteiger partial charge is 0.434 e. The molecule has 0 atom stereocenters. The largest absolute Gasteiger partial charge is 0.515 e. The fourth-order valence-corrected chi connectivity index (χ4v) is 2.77. The minimum Gasteiger partial charge on any atom is -0.434 e. The van der Waals surface area contributed by atoms with Gasteiger partial charge < -0.3 is 14.0 Å². The summed E-state index contributed by atoms with van der Waals surface area (Å²) in [7, 11) is 0. The second-order valence-corrected chi connectivity index (χ2v) is 5.46. The molecule has 0 saturated heterocycles. The van der Waals surface area contributed by atoms with E-state index in [1.165, 1.54) is 23.5 Å². The molecule has 0 aliphatic heterocycles. The van der Waals surface area contributed by atoms with Crippen molar-refractivity contribution < 1.29 is 18.7 Å². The van der Waals surface area contributed by atoms with Crippen molar-refractivity contribution in [2.45, 2.75) is 13.5 Å². The van der Waals surface area contributed by atoms with Gasteiger partial charge in [0, 0.05) is 23.0 Å². The van der Waals surface area contributed by atoms with E-state index in [1.54, 1.807) is 29.8 Å². The number of halogens is 1. The van der Waals surface area contributed by atoms with Crippen molar-refractivity contribution in [3.8, 4) is 5.88 Å². The predicted octanol–water partition coefficient (Wildman–Crippen LogP) is 3.82. The summed E-state index contributed by atoms with van der Waals surface area (Å²) >= 11 is 1.49. The molecule has 1 aromatic carbocycles. The third-order valence-electron chi connectivity index (χ3n) is 3.05. The standard InChI is InChI=1S/C15H13FN2O3S/c1-2-20-15(19)21-14-8-10-7-11(16)3-4-12(10)18(14)9-13-17-5-6-22-13/h3-8H,2,9H2,1H3. The van der Waals surface area contributed by atoms with Gasteiger partial charge in [-0.2, -0.15) is 0 Å². The Morgan fingerprint density at radius 2 is 2.27 bits per heavy atom. The van der Waals surface area contributed by atoms with E-state index in [-0.39, 0.29) is 12.4 Å². The van der Waals surface area contributed by atoms with Gasteiger partial charge in [0.25, 0.3) is 0 Å². The maximum atomic E-state index is 13.4. The summed E-state index contributed by atoms with van der Waals surface area (Å²) < 4.78 is 25.2. The van der Waals surface area contributed by atoms with Crippen LogP contribution in [-0.2, 0) is 11.3 Å². The molecule has 2 heterocycles. The van der Waals surface area contributed by atoms with Crippen molar-refractivity contribution in [2.24, 2.45) is 0 Å².